The van der Waals surface area contributed by atoms with Crippen molar-refractivity contribution in [3.05, 3.63) is 89.0 Å². The molecule has 1 amide bonds. The van der Waals surface area contributed by atoms with Gasteiger partial charge in [-0.15, -0.1) is 0 Å². The summed E-state index contributed by atoms with van der Waals surface area (Å²) in [6.45, 7) is 4.88. The summed E-state index contributed by atoms with van der Waals surface area (Å²) in [5.41, 5.74) is 6.82. The average molecular weight is 424 g/mol. The standard InChI is InChI=1S/C27H25N3O2/c1-17-4-5-18(2)24(14-17)29-27(31)19-6-9-22(10-7-19)30-13-12-21-15-20-8-11-23(32-3)16-25(20)28-26(21)30/h4-11,14-16H,12-13H2,1-3H3,(H,29,31). The third-order valence-corrected chi connectivity index (χ3v) is 6.02. The zero-order valence-electron chi connectivity index (χ0n) is 18.5. The first kappa shape index (κ1) is 20.1. The van der Waals surface area contributed by atoms with Crippen LogP contribution in [-0.2, 0) is 6.42 Å². The van der Waals surface area contributed by atoms with Crippen molar-refractivity contribution in [2.75, 3.05) is 23.9 Å². The van der Waals surface area contributed by atoms with Gasteiger partial charge in [0, 0.05) is 34.9 Å². The molecule has 0 bridgehead atoms. The molecular weight excluding hydrogens is 398 g/mol. The lowest BCUT2D eigenvalue weighted by molar-refractivity contribution is 0.102. The Morgan fingerprint density at radius 3 is 2.59 bits per heavy atom. The molecule has 2 heterocycles. The number of ether oxygens (including phenoxy) is 1. The molecule has 0 unspecified atom stereocenters. The molecule has 3 aromatic carbocycles. The summed E-state index contributed by atoms with van der Waals surface area (Å²) < 4.78 is 5.35. The Labute approximate surface area is 187 Å². The fraction of sp³-hybridized carbons (Fsp3) is 0.185. The van der Waals surface area contributed by atoms with E-state index in [0.717, 1.165) is 57.9 Å². The van der Waals surface area contributed by atoms with Crippen LogP contribution in [0, 0.1) is 13.8 Å². The molecular formula is C27H25N3O2. The lowest BCUT2D eigenvalue weighted by atomic mass is 10.1. The minimum Gasteiger partial charge on any atom is -0.497 e. The van der Waals surface area contributed by atoms with E-state index in [-0.39, 0.29) is 5.91 Å². The van der Waals surface area contributed by atoms with Crippen LogP contribution in [0.5, 0.6) is 5.75 Å². The first-order chi connectivity index (χ1) is 15.5. The highest BCUT2D eigenvalue weighted by Crippen LogP contribution is 2.35. The Hall–Kier alpha value is -3.86. The first-order valence-electron chi connectivity index (χ1n) is 10.8. The molecule has 0 saturated heterocycles. The number of carbonyl (C=O) groups is 1. The van der Waals surface area contributed by atoms with E-state index < -0.39 is 0 Å². The van der Waals surface area contributed by atoms with Gasteiger partial charge >= 0.3 is 0 Å². The van der Waals surface area contributed by atoms with Crippen molar-refractivity contribution < 1.29 is 9.53 Å². The smallest absolute Gasteiger partial charge is 0.255 e. The van der Waals surface area contributed by atoms with Gasteiger partial charge in [-0.05, 0) is 85.5 Å². The van der Waals surface area contributed by atoms with Crippen LogP contribution in [0.2, 0.25) is 0 Å². The van der Waals surface area contributed by atoms with Crippen LogP contribution >= 0.6 is 0 Å². The van der Waals surface area contributed by atoms with Gasteiger partial charge in [0.1, 0.15) is 11.6 Å². The number of aryl methyl sites for hydroxylation is 2. The number of pyridine rings is 1. The molecule has 32 heavy (non-hydrogen) atoms. The number of amides is 1. The summed E-state index contributed by atoms with van der Waals surface area (Å²) in [5, 5.41) is 4.14. The van der Waals surface area contributed by atoms with E-state index >= 15 is 0 Å². The van der Waals surface area contributed by atoms with Gasteiger partial charge in [-0.1, -0.05) is 12.1 Å². The molecule has 5 heteroatoms. The Bertz CT molecular complexity index is 1330. The lowest BCUT2D eigenvalue weighted by Gasteiger charge is -2.19. The quantitative estimate of drug-likeness (QED) is 0.450. The minimum atomic E-state index is -0.108. The maximum atomic E-state index is 12.8. The van der Waals surface area contributed by atoms with Gasteiger partial charge in [0.15, 0.2) is 0 Å². The predicted molar refractivity (Wildman–Crippen MR) is 129 cm³/mol. The largest absolute Gasteiger partial charge is 0.497 e. The predicted octanol–water partition coefficient (Wildman–Crippen LogP) is 5.81. The van der Waals surface area contributed by atoms with Crippen molar-refractivity contribution in [2.45, 2.75) is 20.3 Å². The van der Waals surface area contributed by atoms with Crippen LogP contribution < -0.4 is 15.0 Å². The molecule has 160 valence electrons. The van der Waals surface area contributed by atoms with Gasteiger partial charge in [0.2, 0.25) is 0 Å². The first-order valence-corrected chi connectivity index (χ1v) is 10.8. The molecule has 4 aromatic rings. The highest BCUT2D eigenvalue weighted by molar-refractivity contribution is 6.05. The van der Waals surface area contributed by atoms with Crippen LogP contribution in [0.4, 0.5) is 17.2 Å². The molecule has 5 nitrogen and oxygen atoms in total. The summed E-state index contributed by atoms with van der Waals surface area (Å²) >= 11 is 0. The zero-order chi connectivity index (χ0) is 22.2. The molecule has 0 spiro atoms. The third kappa shape index (κ3) is 3.66. The second-order valence-electron chi connectivity index (χ2n) is 8.25. The fourth-order valence-electron chi connectivity index (χ4n) is 4.17. The summed E-state index contributed by atoms with van der Waals surface area (Å²) in [6.07, 6.45) is 0.944. The topological polar surface area (TPSA) is 54.5 Å². The van der Waals surface area contributed by atoms with E-state index in [4.69, 9.17) is 9.72 Å². The molecule has 1 N–H and O–H groups in total. The second-order valence-corrected chi connectivity index (χ2v) is 8.25. The van der Waals surface area contributed by atoms with E-state index in [9.17, 15) is 4.79 Å². The van der Waals surface area contributed by atoms with Crippen molar-refractivity contribution in [2.24, 2.45) is 0 Å². The van der Waals surface area contributed by atoms with Crippen molar-refractivity contribution >= 4 is 34.0 Å². The highest BCUT2D eigenvalue weighted by Gasteiger charge is 2.23. The SMILES string of the molecule is COc1ccc2cc3c(nc2c1)N(c1ccc(C(=O)Nc2cc(C)ccc2C)cc1)CC3. The number of hydrogen-bond donors (Lipinski definition) is 1. The van der Waals surface area contributed by atoms with E-state index in [0.29, 0.717) is 5.56 Å². The van der Waals surface area contributed by atoms with E-state index in [1.165, 1.54) is 5.56 Å². The molecule has 0 radical (unpaired) electrons. The monoisotopic (exact) mass is 423 g/mol. The number of anilines is 3. The van der Waals surface area contributed by atoms with Crippen molar-refractivity contribution in [1.29, 1.82) is 0 Å². The Morgan fingerprint density at radius 1 is 1.00 bits per heavy atom. The summed E-state index contributed by atoms with van der Waals surface area (Å²) in [7, 11) is 1.67. The molecule has 5 rings (SSSR count). The number of rotatable bonds is 4. The number of nitrogens with one attached hydrogen (secondary N) is 1. The molecule has 0 fully saturated rings. The molecule has 0 aliphatic carbocycles. The fourth-order valence-corrected chi connectivity index (χ4v) is 4.17. The number of fused-ring (bicyclic) bond motifs is 2. The zero-order valence-corrected chi connectivity index (χ0v) is 18.5. The minimum absolute atomic E-state index is 0.108. The van der Waals surface area contributed by atoms with Crippen LogP contribution in [0.15, 0.2) is 66.7 Å². The average Bonchev–Trinajstić information content (AvgIpc) is 3.22. The van der Waals surface area contributed by atoms with Gasteiger partial charge < -0.3 is 15.0 Å². The van der Waals surface area contributed by atoms with Gasteiger partial charge in [0.05, 0.1) is 12.6 Å². The number of nitrogens with zero attached hydrogens (tertiary/aromatic N) is 2. The van der Waals surface area contributed by atoms with E-state index in [1.807, 2.05) is 74.5 Å². The van der Waals surface area contributed by atoms with Crippen LogP contribution in [0.3, 0.4) is 0 Å². The third-order valence-electron chi connectivity index (χ3n) is 6.02. The van der Waals surface area contributed by atoms with Gasteiger partial charge in [-0.3, -0.25) is 4.79 Å². The Morgan fingerprint density at radius 2 is 1.81 bits per heavy atom. The Kier molecular flexibility index (Phi) is 5.02. The van der Waals surface area contributed by atoms with Gasteiger partial charge in [-0.25, -0.2) is 4.98 Å². The van der Waals surface area contributed by atoms with E-state index in [2.05, 4.69) is 16.3 Å². The lowest BCUT2D eigenvalue weighted by Crippen LogP contribution is -2.16. The Balaban J connectivity index is 1.40. The van der Waals surface area contributed by atoms with Crippen molar-refractivity contribution in [3.8, 4) is 5.75 Å². The van der Waals surface area contributed by atoms with Crippen molar-refractivity contribution in [3.63, 3.8) is 0 Å². The molecule has 0 atom stereocenters. The van der Waals surface area contributed by atoms with E-state index in [1.54, 1.807) is 7.11 Å². The number of carbonyl (C=O) groups excluding carboxylic acids is 1. The van der Waals surface area contributed by atoms with Gasteiger partial charge in [0.25, 0.3) is 5.91 Å². The molecule has 1 aromatic heterocycles. The van der Waals surface area contributed by atoms with Crippen LogP contribution in [0.1, 0.15) is 27.0 Å². The summed E-state index contributed by atoms with van der Waals surface area (Å²) in [6, 6.07) is 22.0. The molecule has 0 saturated carbocycles. The van der Waals surface area contributed by atoms with Crippen molar-refractivity contribution in [1.82, 2.24) is 4.98 Å². The van der Waals surface area contributed by atoms with Crippen LogP contribution in [0.25, 0.3) is 10.9 Å². The van der Waals surface area contributed by atoms with Crippen LogP contribution in [-0.4, -0.2) is 24.5 Å². The number of hydrogen-bond acceptors (Lipinski definition) is 4. The maximum absolute atomic E-state index is 12.8. The van der Waals surface area contributed by atoms with Gasteiger partial charge in [-0.2, -0.15) is 0 Å². The number of methoxy groups -OCH3 is 1. The summed E-state index contributed by atoms with van der Waals surface area (Å²) in [5.74, 6) is 1.66. The molecule has 1 aliphatic rings. The summed E-state index contributed by atoms with van der Waals surface area (Å²) in [4.78, 5) is 19.9. The molecule has 1 aliphatic heterocycles. The maximum Gasteiger partial charge on any atom is 0.255 e. The normalized spacial score (nSPS) is 12.7. The highest BCUT2D eigenvalue weighted by atomic mass is 16.5. The number of benzene rings is 3. The second kappa shape index (κ2) is 8.00. The number of aromatic nitrogens is 1.